The monoisotopic (exact) mass is 287 g/mol. The Morgan fingerprint density at radius 3 is 2.53 bits per heavy atom. The van der Waals surface area contributed by atoms with Crippen LogP contribution in [0.25, 0.3) is 0 Å². The Labute approximate surface area is 112 Å². The SMILES string of the molecule is CCCCN(C)c1ccc([N+](=O)[O-])cc1S(N)(=O)=O. The summed E-state index contributed by atoms with van der Waals surface area (Å²) in [6, 6.07) is 3.67. The summed E-state index contributed by atoms with van der Waals surface area (Å²) in [6.45, 7) is 2.67. The van der Waals surface area contributed by atoms with Crippen LogP contribution in [0.5, 0.6) is 0 Å². The van der Waals surface area contributed by atoms with E-state index >= 15 is 0 Å². The van der Waals surface area contributed by atoms with Gasteiger partial charge in [0.25, 0.3) is 5.69 Å². The third-order valence-electron chi connectivity index (χ3n) is 2.72. The molecule has 0 aliphatic rings. The minimum Gasteiger partial charge on any atom is -0.373 e. The predicted octanol–water partition coefficient (Wildman–Crippen LogP) is 1.48. The zero-order valence-electron chi connectivity index (χ0n) is 10.9. The summed E-state index contributed by atoms with van der Waals surface area (Å²) in [7, 11) is -2.28. The molecule has 1 rings (SSSR count). The van der Waals surface area contributed by atoms with Crippen molar-refractivity contribution in [2.24, 2.45) is 5.14 Å². The molecule has 0 spiro atoms. The van der Waals surface area contributed by atoms with Gasteiger partial charge in [0.05, 0.1) is 10.6 Å². The third-order valence-corrected chi connectivity index (χ3v) is 3.66. The first-order valence-corrected chi connectivity index (χ1v) is 7.34. The van der Waals surface area contributed by atoms with E-state index in [1.807, 2.05) is 6.92 Å². The lowest BCUT2D eigenvalue weighted by Gasteiger charge is -2.21. The summed E-state index contributed by atoms with van der Waals surface area (Å²) in [5.74, 6) is 0. The number of primary sulfonamides is 1. The number of unbranched alkanes of at least 4 members (excludes halogenated alkanes) is 1. The molecule has 0 aromatic heterocycles. The van der Waals surface area contributed by atoms with Crippen LogP contribution in [-0.2, 0) is 10.0 Å². The van der Waals surface area contributed by atoms with E-state index in [0.29, 0.717) is 12.2 Å². The number of nitro groups is 1. The lowest BCUT2D eigenvalue weighted by Crippen LogP contribution is -2.23. The van der Waals surface area contributed by atoms with Gasteiger partial charge in [-0.3, -0.25) is 10.1 Å². The summed E-state index contributed by atoms with van der Waals surface area (Å²) in [5.41, 5.74) is 0.0817. The molecule has 0 aliphatic carbocycles. The third kappa shape index (κ3) is 3.90. The maximum atomic E-state index is 11.5. The first-order valence-electron chi connectivity index (χ1n) is 5.79. The molecule has 0 saturated heterocycles. The van der Waals surface area contributed by atoms with Gasteiger partial charge in [-0.05, 0) is 12.5 Å². The molecule has 0 bridgehead atoms. The Morgan fingerprint density at radius 1 is 1.42 bits per heavy atom. The van der Waals surface area contributed by atoms with Crippen LogP contribution in [0.1, 0.15) is 19.8 Å². The molecule has 0 aliphatic heterocycles. The van der Waals surface area contributed by atoms with E-state index in [1.54, 1.807) is 11.9 Å². The zero-order chi connectivity index (χ0) is 14.6. The molecule has 0 radical (unpaired) electrons. The number of nitrogens with two attached hydrogens (primary N) is 1. The number of benzene rings is 1. The predicted molar refractivity (Wildman–Crippen MR) is 72.6 cm³/mol. The van der Waals surface area contributed by atoms with Gasteiger partial charge >= 0.3 is 0 Å². The molecule has 0 unspecified atom stereocenters. The summed E-state index contributed by atoms with van der Waals surface area (Å²) < 4.78 is 23.1. The number of rotatable bonds is 6. The van der Waals surface area contributed by atoms with E-state index in [9.17, 15) is 18.5 Å². The number of sulfonamides is 1. The van der Waals surface area contributed by atoms with Crippen molar-refractivity contribution in [1.82, 2.24) is 0 Å². The number of hydrogen-bond donors (Lipinski definition) is 1. The Kier molecular flexibility index (Phi) is 4.84. The zero-order valence-corrected chi connectivity index (χ0v) is 11.7. The highest BCUT2D eigenvalue weighted by Crippen LogP contribution is 2.28. The summed E-state index contributed by atoms with van der Waals surface area (Å²) >= 11 is 0. The topological polar surface area (TPSA) is 107 Å². The van der Waals surface area contributed by atoms with Crippen LogP contribution in [-0.4, -0.2) is 26.9 Å². The normalized spacial score (nSPS) is 11.3. The fraction of sp³-hybridized carbons (Fsp3) is 0.455. The lowest BCUT2D eigenvalue weighted by atomic mass is 10.2. The molecule has 19 heavy (non-hydrogen) atoms. The Bertz CT molecular complexity index is 571. The van der Waals surface area contributed by atoms with Crippen LogP contribution >= 0.6 is 0 Å². The smallest absolute Gasteiger partial charge is 0.270 e. The van der Waals surface area contributed by atoms with Gasteiger partial charge in [-0.2, -0.15) is 0 Å². The van der Waals surface area contributed by atoms with Crippen LogP contribution in [0.15, 0.2) is 23.1 Å². The minimum atomic E-state index is -4.01. The van der Waals surface area contributed by atoms with Crippen molar-refractivity contribution in [1.29, 1.82) is 0 Å². The number of non-ortho nitro benzene ring substituents is 1. The van der Waals surface area contributed by atoms with E-state index in [-0.39, 0.29) is 10.6 Å². The highest BCUT2D eigenvalue weighted by Gasteiger charge is 2.20. The van der Waals surface area contributed by atoms with Crippen molar-refractivity contribution < 1.29 is 13.3 Å². The van der Waals surface area contributed by atoms with E-state index in [2.05, 4.69) is 0 Å². The fourth-order valence-corrected chi connectivity index (χ4v) is 2.48. The second-order valence-corrected chi connectivity index (χ2v) is 5.76. The maximum absolute atomic E-state index is 11.5. The van der Waals surface area contributed by atoms with E-state index in [0.717, 1.165) is 18.9 Å². The van der Waals surface area contributed by atoms with Crippen LogP contribution < -0.4 is 10.0 Å². The largest absolute Gasteiger partial charge is 0.373 e. The van der Waals surface area contributed by atoms with Crippen molar-refractivity contribution >= 4 is 21.4 Å². The van der Waals surface area contributed by atoms with Crippen molar-refractivity contribution in [3.05, 3.63) is 28.3 Å². The first kappa shape index (κ1) is 15.4. The van der Waals surface area contributed by atoms with E-state index < -0.39 is 14.9 Å². The van der Waals surface area contributed by atoms with Gasteiger partial charge in [-0.15, -0.1) is 0 Å². The first-order chi connectivity index (χ1) is 8.77. The Morgan fingerprint density at radius 2 is 2.05 bits per heavy atom. The van der Waals surface area contributed by atoms with Crippen molar-refractivity contribution in [2.45, 2.75) is 24.7 Å². The van der Waals surface area contributed by atoms with Crippen LogP contribution in [0.2, 0.25) is 0 Å². The van der Waals surface area contributed by atoms with E-state index in [1.165, 1.54) is 12.1 Å². The molecule has 7 nitrogen and oxygen atoms in total. The number of anilines is 1. The van der Waals surface area contributed by atoms with Gasteiger partial charge in [0, 0.05) is 25.7 Å². The number of nitro benzene ring substituents is 1. The van der Waals surface area contributed by atoms with Gasteiger partial charge in [-0.1, -0.05) is 13.3 Å². The molecular weight excluding hydrogens is 270 g/mol. The maximum Gasteiger partial charge on any atom is 0.270 e. The van der Waals surface area contributed by atoms with Crippen LogP contribution in [0.4, 0.5) is 11.4 Å². The van der Waals surface area contributed by atoms with Gasteiger partial charge in [0.2, 0.25) is 10.0 Å². The van der Waals surface area contributed by atoms with Gasteiger partial charge in [0.1, 0.15) is 4.90 Å². The Hall–Kier alpha value is -1.67. The van der Waals surface area contributed by atoms with Crippen molar-refractivity contribution in [3.63, 3.8) is 0 Å². The summed E-state index contributed by atoms with van der Waals surface area (Å²) in [6.07, 6.45) is 1.85. The van der Waals surface area contributed by atoms with Crippen LogP contribution in [0.3, 0.4) is 0 Å². The van der Waals surface area contributed by atoms with Gasteiger partial charge < -0.3 is 4.90 Å². The molecule has 0 saturated carbocycles. The van der Waals surface area contributed by atoms with Crippen molar-refractivity contribution in [2.75, 3.05) is 18.5 Å². The molecule has 0 heterocycles. The molecular formula is C11H17N3O4S. The minimum absolute atomic E-state index is 0.222. The number of nitrogens with zero attached hydrogens (tertiary/aromatic N) is 2. The molecule has 1 aromatic carbocycles. The quantitative estimate of drug-likeness (QED) is 0.630. The molecule has 8 heteroatoms. The average molecular weight is 287 g/mol. The lowest BCUT2D eigenvalue weighted by molar-refractivity contribution is -0.385. The molecule has 1 aromatic rings. The second kappa shape index (κ2) is 5.98. The second-order valence-electron chi connectivity index (χ2n) is 4.23. The Balaban J connectivity index is 3.28. The summed E-state index contributed by atoms with van der Waals surface area (Å²) in [4.78, 5) is 11.5. The van der Waals surface area contributed by atoms with Crippen molar-refractivity contribution in [3.8, 4) is 0 Å². The molecule has 0 atom stereocenters. The average Bonchev–Trinajstić information content (AvgIpc) is 2.34. The van der Waals surface area contributed by atoms with Gasteiger partial charge in [0.15, 0.2) is 0 Å². The molecule has 106 valence electrons. The molecule has 0 fully saturated rings. The molecule has 0 amide bonds. The number of hydrogen-bond acceptors (Lipinski definition) is 5. The molecule has 2 N–H and O–H groups in total. The van der Waals surface area contributed by atoms with Crippen LogP contribution in [0, 0.1) is 10.1 Å². The fourth-order valence-electron chi connectivity index (χ4n) is 1.68. The standard InChI is InChI=1S/C11H17N3O4S/c1-3-4-7-13(2)10-6-5-9(14(15)16)8-11(10)19(12,17)18/h5-6,8H,3-4,7H2,1-2H3,(H2,12,17,18). The van der Waals surface area contributed by atoms with E-state index in [4.69, 9.17) is 5.14 Å². The highest BCUT2D eigenvalue weighted by atomic mass is 32.2. The van der Waals surface area contributed by atoms with Gasteiger partial charge in [-0.25, -0.2) is 13.6 Å². The summed E-state index contributed by atoms with van der Waals surface area (Å²) in [5, 5.41) is 15.8. The highest BCUT2D eigenvalue weighted by molar-refractivity contribution is 7.89.